The van der Waals surface area contributed by atoms with Gasteiger partial charge in [-0.1, -0.05) is 55.5 Å². The summed E-state index contributed by atoms with van der Waals surface area (Å²) < 4.78 is 12.3. The maximum Gasteiger partial charge on any atom is 0.292 e. The fourth-order valence-corrected chi connectivity index (χ4v) is 3.58. The molecule has 0 spiro atoms. The van der Waals surface area contributed by atoms with Crippen LogP contribution in [0.2, 0.25) is 0 Å². The molecule has 3 aromatic carbocycles. The molecule has 0 aliphatic carbocycles. The largest absolute Gasteiger partial charge is 0.493 e. The first kappa shape index (κ1) is 23.7. The van der Waals surface area contributed by atoms with E-state index in [-0.39, 0.29) is 17.8 Å². The first-order chi connectivity index (χ1) is 17.1. The van der Waals surface area contributed by atoms with Gasteiger partial charge in [-0.3, -0.25) is 9.59 Å². The molecule has 178 valence electrons. The van der Waals surface area contributed by atoms with Gasteiger partial charge >= 0.3 is 0 Å². The molecular formula is C27H26N4O4. The Labute approximate surface area is 202 Å². The van der Waals surface area contributed by atoms with Gasteiger partial charge in [0.05, 0.1) is 31.9 Å². The number of methoxy groups -OCH3 is 1. The van der Waals surface area contributed by atoms with E-state index in [1.807, 2.05) is 43.3 Å². The lowest BCUT2D eigenvalue weighted by atomic mass is 10.1. The Morgan fingerprint density at radius 1 is 1.03 bits per heavy atom. The smallest absolute Gasteiger partial charge is 0.292 e. The number of nitrogens with one attached hydrogen (secondary N) is 1. The summed E-state index contributed by atoms with van der Waals surface area (Å²) in [6.07, 6.45) is 2.39. The van der Waals surface area contributed by atoms with Crippen LogP contribution in [0.4, 0.5) is 0 Å². The van der Waals surface area contributed by atoms with Crippen molar-refractivity contribution in [3.63, 3.8) is 0 Å². The number of rotatable bonds is 9. The van der Waals surface area contributed by atoms with E-state index in [1.54, 1.807) is 43.5 Å². The average molecular weight is 471 g/mol. The highest BCUT2D eigenvalue weighted by atomic mass is 16.5. The second-order valence-electron chi connectivity index (χ2n) is 7.80. The zero-order chi connectivity index (χ0) is 24.6. The Bertz CT molecular complexity index is 1410. The van der Waals surface area contributed by atoms with Gasteiger partial charge in [0, 0.05) is 5.39 Å². The molecule has 1 heterocycles. The van der Waals surface area contributed by atoms with E-state index in [1.165, 1.54) is 10.9 Å². The molecule has 0 aliphatic heterocycles. The lowest BCUT2D eigenvalue weighted by Crippen LogP contribution is -2.29. The van der Waals surface area contributed by atoms with Gasteiger partial charge in [-0.05, 0) is 41.8 Å². The normalized spacial score (nSPS) is 11.0. The third-order valence-corrected chi connectivity index (χ3v) is 5.29. The third kappa shape index (κ3) is 5.55. The molecule has 0 saturated heterocycles. The summed E-state index contributed by atoms with van der Waals surface area (Å²) >= 11 is 0. The van der Waals surface area contributed by atoms with Crippen LogP contribution in [0.5, 0.6) is 11.5 Å². The molecule has 35 heavy (non-hydrogen) atoms. The van der Waals surface area contributed by atoms with Crippen LogP contribution in [0.25, 0.3) is 10.8 Å². The summed E-state index contributed by atoms with van der Waals surface area (Å²) in [5.74, 6) is 0.704. The summed E-state index contributed by atoms with van der Waals surface area (Å²) in [7, 11) is 1.57. The topological polar surface area (TPSA) is 94.8 Å². The van der Waals surface area contributed by atoms with Crippen molar-refractivity contribution in [2.24, 2.45) is 5.10 Å². The Balaban J connectivity index is 1.58. The van der Waals surface area contributed by atoms with Crippen LogP contribution in [0.1, 0.15) is 35.0 Å². The maximum atomic E-state index is 13.0. The average Bonchev–Trinajstić information content (AvgIpc) is 2.90. The minimum atomic E-state index is -0.519. The second kappa shape index (κ2) is 11.1. The van der Waals surface area contributed by atoms with Gasteiger partial charge < -0.3 is 9.47 Å². The minimum absolute atomic E-state index is 0.120. The van der Waals surface area contributed by atoms with Crippen molar-refractivity contribution in [1.82, 2.24) is 15.2 Å². The molecule has 8 heteroatoms. The van der Waals surface area contributed by atoms with Crippen molar-refractivity contribution in [3.8, 4) is 11.5 Å². The van der Waals surface area contributed by atoms with Crippen molar-refractivity contribution in [1.29, 1.82) is 0 Å². The SMILES string of the molecule is CCCOc1ccc(/C=N/NC(=O)c2nn(Cc3ccccc3)c(=O)c3ccccc23)cc1OC. The number of hydrogen-bond acceptors (Lipinski definition) is 6. The van der Waals surface area contributed by atoms with E-state index >= 15 is 0 Å². The molecule has 0 saturated carbocycles. The molecular weight excluding hydrogens is 444 g/mol. The van der Waals surface area contributed by atoms with Crippen LogP contribution in [0.15, 0.2) is 82.7 Å². The van der Waals surface area contributed by atoms with Crippen molar-refractivity contribution >= 4 is 22.9 Å². The Morgan fingerprint density at radius 3 is 2.51 bits per heavy atom. The van der Waals surface area contributed by atoms with Crippen LogP contribution >= 0.6 is 0 Å². The van der Waals surface area contributed by atoms with Gasteiger partial charge in [-0.15, -0.1) is 0 Å². The molecule has 1 amide bonds. The fraction of sp³-hybridized carbons (Fsp3) is 0.185. The summed E-state index contributed by atoms with van der Waals surface area (Å²) in [5.41, 5.74) is 4.00. The number of aromatic nitrogens is 2. The second-order valence-corrected chi connectivity index (χ2v) is 7.80. The van der Waals surface area contributed by atoms with Gasteiger partial charge in [-0.25, -0.2) is 10.1 Å². The van der Waals surface area contributed by atoms with E-state index in [9.17, 15) is 9.59 Å². The van der Waals surface area contributed by atoms with Crippen LogP contribution in [0.3, 0.4) is 0 Å². The highest BCUT2D eigenvalue weighted by Crippen LogP contribution is 2.27. The quantitative estimate of drug-likeness (QED) is 0.295. The molecule has 4 rings (SSSR count). The van der Waals surface area contributed by atoms with Crippen LogP contribution in [0, 0.1) is 0 Å². The zero-order valence-corrected chi connectivity index (χ0v) is 19.6. The third-order valence-electron chi connectivity index (χ3n) is 5.29. The van der Waals surface area contributed by atoms with E-state index in [2.05, 4.69) is 15.6 Å². The van der Waals surface area contributed by atoms with E-state index in [4.69, 9.17) is 9.47 Å². The number of ether oxygens (including phenoxy) is 2. The number of fused-ring (bicyclic) bond motifs is 1. The minimum Gasteiger partial charge on any atom is -0.493 e. The lowest BCUT2D eigenvalue weighted by molar-refractivity contribution is 0.0949. The molecule has 1 N–H and O–H groups in total. The molecule has 0 atom stereocenters. The predicted octanol–water partition coefficient (Wildman–Crippen LogP) is 4.01. The Kier molecular flexibility index (Phi) is 7.52. The standard InChI is InChI=1S/C27H26N4O4/c1-3-15-35-23-14-13-20(16-24(23)34-2)17-28-29-26(32)25-21-11-7-8-12-22(21)27(33)31(30-25)18-19-9-5-4-6-10-19/h4-14,16-17H,3,15,18H2,1-2H3,(H,29,32)/b28-17+. The van der Waals surface area contributed by atoms with Crippen LogP contribution < -0.4 is 20.5 Å². The number of carbonyl (C=O) groups excluding carboxylic acids is 1. The Hall–Kier alpha value is -4.46. The maximum absolute atomic E-state index is 13.0. The van der Waals surface area contributed by atoms with E-state index in [0.29, 0.717) is 28.9 Å². The van der Waals surface area contributed by atoms with Crippen molar-refractivity contribution < 1.29 is 14.3 Å². The van der Waals surface area contributed by atoms with Gasteiger partial charge in [0.2, 0.25) is 0 Å². The molecule has 0 radical (unpaired) electrons. The van der Waals surface area contributed by atoms with Gasteiger partial charge in [-0.2, -0.15) is 10.2 Å². The molecule has 0 bridgehead atoms. The predicted molar refractivity (Wildman–Crippen MR) is 135 cm³/mol. The van der Waals surface area contributed by atoms with Crippen LogP contribution in [-0.4, -0.2) is 35.6 Å². The molecule has 0 fully saturated rings. The van der Waals surface area contributed by atoms with Gasteiger partial charge in [0.25, 0.3) is 11.5 Å². The Morgan fingerprint density at radius 2 is 1.77 bits per heavy atom. The number of hydrogen-bond donors (Lipinski definition) is 1. The first-order valence-electron chi connectivity index (χ1n) is 11.3. The van der Waals surface area contributed by atoms with E-state index < -0.39 is 5.91 Å². The molecule has 1 aromatic heterocycles. The van der Waals surface area contributed by atoms with Crippen molar-refractivity contribution in [3.05, 3.63) is 100.0 Å². The molecule has 4 aromatic rings. The zero-order valence-electron chi connectivity index (χ0n) is 19.6. The highest BCUT2D eigenvalue weighted by molar-refractivity contribution is 6.05. The van der Waals surface area contributed by atoms with Gasteiger partial charge in [0.15, 0.2) is 17.2 Å². The van der Waals surface area contributed by atoms with Gasteiger partial charge in [0.1, 0.15) is 0 Å². The first-order valence-corrected chi connectivity index (χ1v) is 11.3. The summed E-state index contributed by atoms with van der Waals surface area (Å²) in [6, 6.07) is 21.8. The number of carbonyl (C=O) groups is 1. The van der Waals surface area contributed by atoms with Crippen molar-refractivity contribution in [2.45, 2.75) is 19.9 Å². The monoisotopic (exact) mass is 470 g/mol. The number of nitrogens with zero attached hydrogens (tertiary/aromatic N) is 3. The fourth-order valence-electron chi connectivity index (χ4n) is 3.58. The summed E-state index contributed by atoms with van der Waals surface area (Å²) in [4.78, 5) is 26.0. The number of hydrazone groups is 1. The highest BCUT2D eigenvalue weighted by Gasteiger charge is 2.16. The number of benzene rings is 3. The summed E-state index contributed by atoms with van der Waals surface area (Å²) in [6.45, 7) is 2.87. The van der Waals surface area contributed by atoms with Crippen LogP contribution in [-0.2, 0) is 6.54 Å². The number of amides is 1. The van der Waals surface area contributed by atoms with Crippen molar-refractivity contribution in [2.75, 3.05) is 13.7 Å². The molecule has 0 unspecified atom stereocenters. The molecule has 0 aliphatic rings. The summed E-state index contributed by atoms with van der Waals surface area (Å²) in [5, 5.41) is 9.33. The van der Waals surface area contributed by atoms with E-state index in [0.717, 1.165) is 17.5 Å². The molecule has 8 nitrogen and oxygen atoms in total. The lowest BCUT2D eigenvalue weighted by Gasteiger charge is -2.11.